The number of hydrogen-bond donors (Lipinski definition) is 0. The fraction of sp³-hybridized carbons (Fsp3) is 0.211. The zero-order valence-corrected chi connectivity index (χ0v) is 11.9. The van der Waals surface area contributed by atoms with Crippen molar-refractivity contribution in [2.75, 3.05) is 0 Å². The molecule has 0 amide bonds. The van der Waals surface area contributed by atoms with E-state index in [1.807, 2.05) is 30.3 Å². The van der Waals surface area contributed by atoms with Crippen LogP contribution < -0.4 is 0 Å². The van der Waals surface area contributed by atoms with Crippen LogP contribution in [-0.4, -0.2) is 17.3 Å². The zero-order chi connectivity index (χ0) is 15.3. The van der Waals surface area contributed by atoms with Crippen LogP contribution >= 0.6 is 0 Å². The van der Waals surface area contributed by atoms with E-state index < -0.39 is 22.9 Å². The normalized spacial score (nSPS) is 22.4. The summed E-state index contributed by atoms with van der Waals surface area (Å²) in [5, 5.41) is 0. The largest absolute Gasteiger partial charge is 0.293 e. The van der Waals surface area contributed by atoms with E-state index in [1.165, 1.54) is 0 Å². The van der Waals surface area contributed by atoms with Gasteiger partial charge in [-0.05, 0) is 18.4 Å². The Morgan fingerprint density at radius 3 is 1.95 bits per heavy atom. The molecule has 0 bridgehead atoms. The molecule has 4 rings (SSSR count). The Morgan fingerprint density at radius 1 is 0.727 bits per heavy atom. The number of Topliss-reactive ketones (excluding diaryl/α,β-unsaturated/α-hetero) is 3. The molecule has 3 heteroatoms. The molecule has 0 radical (unpaired) electrons. The monoisotopic (exact) mass is 290 g/mol. The highest BCUT2D eigenvalue weighted by Crippen LogP contribution is 2.56. The lowest BCUT2D eigenvalue weighted by Gasteiger charge is -2.28. The van der Waals surface area contributed by atoms with Crippen molar-refractivity contribution < 1.29 is 14.4 Å². The second-order valence-corrected chi connectivity index (χ2v) is 6.06. The van der Waals surface area contributed by atoms with Crippen molar-refractivity contribution in [3.05, 3.63) is 71.3 Å². The molecule has 3 nitrogen and oxygen atoms in total. The molecule has 0 N–H and O–H groups in total. The molecule has 1 unspecified atom stereocenters. The van der Waals surface area contributed by atoms with Gasteiger partial charge < -0.3 is 0 Å². The predicted molar refractivity (Wildman–Crippen MR) is 81.0 cm³/mol. The second kappa shape index (κ2) is 4.47. The van der Waals surface area contributed by atoms with Gasteiger partial charge in [-0.2, -0.15) is 0 Å². The molecule has 1 fully saturated rings. The minimum absolute atomic E-state index is 0.207. The van der Waals surface area contributed by atoms with Crippen molar-refractivity contribution in [3.63, 3.8) is 0 Å². The molecule has 0 spiro atoms. The van der Waals surface area contributed by atoms with Crippen LogP contribution in [0.25, 0.3) is 0 Å². The van der Waals surface area contributed by atoms with Crippen molar-refractivity contribution in [2.45, 2.75) is 18.3 Å². The molecule has 0 aliphatic heterocycles. The van der Waals surface area contributed by atoms with Crippen LogP contribution in [0, 0.1) is 5.92 Å². The molecule has 2 aromatic carbocycles. The van der Waals surface area contributed by atoms with Crippen LogP contribution in [0.5, 0.6) is 0 Å². The molecular formula is C19H14O3. The number of hydrogen-bond acceptors (Lipinski definition) is 3. The molecule has 0 heterocycles. The number of benzene rings is 2. The summed E-state index contributed by atoms with van der Waals surface area (Å²) in [5.41, 5.74) is 1.13. The van der Waals surface area contributed by atoms with Gasteiger partial charge in [0.15, 0.2) is 5.78 Å². The molecule has 2 aromatic rings. The summed E-state index contributed by atoms with van der Waals surface area (Å²) >= 11 is 0. The van der Waals surface area contributed by atoms with Crippen LogP contribution in [-0.2, 0) is 10.2 Å². The first kappa shape index (κ1) is 13.1. The van der Waals surface area contributed by atoms with Gasteiger partial charge in [0.2, 0.25) is 11.6 Å². The summed E-state index contributed by atoms with van der Waals surface area (Å²) < 4.78 is 0. The maximum atomic E-state index is 12.9. The number of rotatable bonds is 2. The molecule has 1 atom stereocenters. The van der Waals surface area contributed by atoms with Gasteiger partial charge in [0.25, 0.3) is 0 Å². The van der Waals surface area contributed by atoms with E-state index in [-0.39, 0.29) is 11.3 Å². The average Bonchev–Trinajstić information content (AvgIpc) is 3.35. The van der Waals surface area contributed by atoms with Crippen molar-refractivity contribution in [3.8, 4) is 0 Å². The maximum absolute atomic E-state index is 12.9. The molecule has 108 valence electrons. The van der Waals surface area contributed by atoms with Crippen LogP contribution in [0.4, 0.5) is 0 Å². The van der Waals surface area contributed by atoms with Crippen molar-refractivity contribution in [1.82, 2.24) is 0 Å². The van der Waals surface area contributed by atoms with E-state index in [2.05, 4.69) is 0 Å². The summed E-state index contributed by atoms with van der Waals surface area (Å²) in [6, 6.07) is 16.2. The first-order chi connectivity index (χ1) is 10.6. The zero-order valence-electron chi connectivity index (χ0n) is 11.9. The average molecular weight is 290 g/mol. The highest BCUT2D eigenvalue weighted by Gasteiger charge is 2.59. The second-order valence-electron chi connectivity index (χ2n) is 6.06. The van der Waals surface area contributed by atoms with Crippen molar-refractivity contribution in [1.29, 1.82) is 0 Å². The molecular weight excluding hydrogens is 276 g/mol. The summed E-state index contributed by atoms with van der Waals surface area (Å²) in [5.74, 6) is -2.15. The third kappa shape index (κ3) is 1.65. The van der Waals surface area contributed by atoms with Crippen LogP contribution in [0.3, 0.4) is 0 Å². The lowest BCUT2D eigenvalue weighted by atomic mass is 9.70. The lowest BCUT2D eigenvalue weighted by molar-refractivity contribution is -0.118. The maximum Gasteiger partial charge on any atom is 0.230 e. The van der Waals surface area contributed by atoms with Gasteiger partial charge in [0, 0.05) is 16.5 Å². The highest BCUT2D eigenvalue weighted by atomic mass is 16.2. The third-order valence-electron chi connectivity index (χ3n) is 4.88. The van der Waals surface area contributed by atoms with Gasteiger partial charge in [0.05, 0.1) is 5.92 Å². The van der Waals surface area contributed by atoms with E-state index in [0.29, 0.717) is 5.56 Å². The Bertz CT molecular complexity index is 800. The van der Waals surface area contributed by atoms with Gasteiger partial charge in [-0.3, -0.25) is 14.4 Å². The Morgan fingerprint density at radius 2 is 1.32 bits per heavy atom. The van der Waals surface area contributed by atoms with E-state index in [1.54, 1.807) is 24.3 Å². The van der Waals surface area contributed by atoms with E-state index in [9.17, 15) is 14.4 Å². The van der Waals surface area contributed by atoms with Gasteiger partial charge in [0.1, 0.15) is 0 Å². The number of fused-ring (bicyclic) bond motifs is 1. The molecule has 0 aromatic heterocycles. The third-order valence-corrected chi connectivity index (χ3v) is 4.88. The SMILES string of the molecule is O=C1C(=O)C(C2(c3ccccc3)CC2)C(=O)c2ccccc21. The van der Waals surface area contributed by atoms with Gasteiger partial charge >= 0.3 is 0 Å². The first-order valence-corrected chi connectivity index (χ1v) is 7.42. The van der Waals surface area contributed by atoms with Crippen LogP contribution in [0.1, 0.15) is 39.1 Å². The van der Waals surface area contributed by atoms with Gasteiger partial charge in [-0.1, -0.05) is 54.6 Å². The molecule has 2 aliphatic rings. The Balaban J connectivity index is 1.86. The lowest BCUT2D eigenvalue weighted by Crippen LogP contribution is -2.43. The topological polar surface area (TPSA) is 51.2 Å². The van der Waals surface area contributed by atoms with Crippen molar-refractivity contribution >= 4 is 17.3 Å². The number of carbonyl (C=O) groups is 3. The van der Waals surface area contributed by atoms with E-state index in [0.717, 1.165) is 18.4 Å². The number of carbonyl (C=O) groups excluding carboxylic acids is 3. The highest BCUT2D eigenvalue weighted by molar-refractivity contribution is 6.52. The molecule has 2 aliphatic carbocycles. The van der Waals surface area contributed by atoms with Crippen LogP contribution in [0.15, 0.2) is 54.6 Å². The Hall–Kier alpha value is -2.55. The standard InChI is InChI=1S/C19H14O3/c20-16-13-8-4-5-9-14(13)17(21)18(22)15(16)19(10-11-19)12-6-2-1-3-7-12/h1-9,15H,10-11H2. The quantitative estimate of drug-likeness (QED) is 0.631. The Labute approximate surface area is 128 Å². The van der Waals surface area contributed by atoms with Gasteiger partial charge in [-0.25, -0.2) is 0 Å². The van der Waals surface area contributed by atoms with Crippen molar-refractivity contribution in [2.24, 2.45) is 5.92 Å². The van der Waals surface area contributed by atoms with E-state index >= 15 is 0 Å². The summed E-state index contributed by atoms with van der Waals surface area (Å²) in [7, 11) is 0. The summed E-state index contributed by atoms with van der Waals surface area (Å²) in [6.45, 7) is 0. The fourth-order valence-electron chi connectivity index (χ4n) is 3.59. The minimum Gasteiger partial charge on any atom is -0.293 e. The Kier molecular flexibility index (Phi) is 2.67. The molecule has 22 heavy (non-hydrogen) atoms. The molecule has 1 saturated carbocycles. The summed E-state index contributed by atoms with van der Waals surface area (Å²) in [4.78, 5) is 37.8. The predicted octanol–water partition coefficient (Wildman–Crippen LogP) is 2.98. The fourth-order valence-corrected chi connectivity index (χ4v) is 3.59. The number of ketones is 3. The minimum atomic E-state index is -0.864. The van der Waals surface area contributed by atoms with Gasteiger partial charge in [-0.15, -0.1) is 0 Å². The summed E-state index contributed by atoms with van der Waals surface area (Å²) in [6.07, 6.45) is 1.54. The molecule has 0 saturated heterocycles. The smallest absolute Gasteiger partial charge is 0.230 e. The van der Waals surface area contributed by atoms with E-state index in [4.69, 9.17) is 0 Å². The van der Waals surface area contributed by atoms with Crippen LogP contribution in [0.2, 0.25) is 0 Å². The first-order valence-electron chi connectivity index (χ1n) is 7.42.